The molecule has 0 saturated heterocycles. The monoisotopic (exact) mass is 543 g/mol. The van der Waals surface area contributed by atoms with Crippen molar-refractivity contribution >= 4 is 55.1 Å². The Kier molecular flexibility index (Phi) is 9.54. The largest absolute Gasteiger partial charge is 0.354 e. The number of anilines is 1. The first kappa shape index (κ1) is 26.2. The molecule has 10 heteroatoms. The van der Waals surface area contributed by atoms with Gasteiger partial charge < -0.3 is 10.2 Å². The molecule has 1 N–H and O–H groups in total. The van der Waals surface area contributed by atoms with Crippen LogP contribution in [0.1, 0.15) is 25.8 Å². The van der Waals surface area contributed by atoms with Crippen molar-refractivity contribution in [2.45, 2.75) is 32.9 Å². The van der Waals surface area contributed by atoms with E-state index in [1.54, 1.807) is 55.5 Å². The fraction of sp³-hybridized carbons (Fsp3) is 0.364. The number of carbonyl (C=O) groups is 2. The van der Waals surface area contributed by atoms with Gasteiger partial charge in [-0.3, -0.25) is 13.9 Å². The van der Waals surface area contributed by atoms with Crippen LogP contribution in [0.4, 0.5) is 5.69 Å². The fourth-order valence-corrected chi connectivity index (χ4v) is 4.32. The van der Waals surface area contributed by atoms with E-state index in [0.29, 0.717) is 22.8 Å². The lowest BCUT2D eigenvalue weighted by molar-refractivity contribution is -0.139. The quantitative estimate of drug-likeness (QED) is 0.493. The molecular formula is C22H27BrClN3O4S. The molecule has 174 valence electrons. The zero-order valence-corrected chi connectivity index (χ0v) is 21.4. The molecule has 2 amide bonds. The van der Waals surface area contributed by atoms with Crippen molar-refractivity contribution < 1.29 is 18.0 Å². The second-order valence-electron chi connectivity index (χ2n) is 7.33. The van der Waals surface area contributed by atoms with Crippen molar-refractivity contribution in [3.05, 3.63) is 63.6 Å². The van der Waals surface area contributed by atoms with Crippen LogP contribution in [-0.2, 0) is 26.2 Å². The molecule has 0 heterocycles. The number of hydrogen-bond donors (Lipinski definition) is 1. The van der Waals surface area contributed by atoms with Crippen LogP contribution in [0.15, 0.2) is 53.0 Å². The molecule has 0 saturated carbocycles. The molecule has 0 aliphatic heterocycles. The molecule has 0 unspecified atom stereocenters. The van der Waals surface area contributed by atoms with E-state index in [1.807, 2.05) is 6.92 Å². The molecule has 2 aromatic carbocycles. The molecule has 0 spiro atoms. The predicted octanol–water partition coefficient (Wildman–Crippen LogP) is 3.81. The van der Waals surface area contributed by atoms with Crippen molar-refractivity contribution in [2.75, 3.05) is 23.7 Å². The van der Waals surface area contributed by atoms with Crippen LogP contribution in [0.3, 0.4) is 0 Å². The molecule has 0 aliphatic rings. The number of halogens is 2. The van der Waals surface area contributed by atoms with Gasteiger partial charge in [0, 0.05) is 22.6 Å². The van der Waals surface area contributed by atoms with Crippen LogP contribution < -0.4 is 9.62 Å². The molecule has 7 nitrogen and oxygen atoms in total. The van der Waals surface area contributed by atoms with Crippen LogP contribution in [0.5, 0.6) is 0 Å². The van der Waals surface area contributed by atoms with Gasteiger partial charge in [-0.25, -0.2) is 8.42 Å². The van der Waals surface area contributed by atoms with Crippen LogP contribution in [-0.4, -0.2) is 50.5 Å². The van der Waals surface area contributed by atoms with Gasteiger partial charge in [0.15, 0.2) is 0 Å². The lowest BCUT2D eigenvalue weighted by atomic mass is 10.1. The Hall–Kier alpha value is -2.10. The van der Waals surface area contributed by atoms with Gasteiger partial charge in [-0.2, -0.15) is 0 Å². The Bertz CT molecular complexity index is 1050. The number of rotatable bonds is 10. The summed E-state index contributed by atoms with van der Waals surface area (Å²) in [6.07, 6.45) is 1.79. The first-order valence-electron chi connectivity index (χ1n) is 10.1. The van der Waals surface area contributed by atoms with Gasteiger partial charge in [-0.1, -0.05) is 52.7 Å². The summed E-state index contributed by atoms with van der Waals surface area (Å²) in [5.74, 6) is -0.834. The van der Waals surface area contributed by atoms with Crippen molar-refractivity contribution in [3.63, 3.8) is 0 Å². The topological polar surface area (TPSA) is 86.8 Å². The van der Waals surface area contributed by atoms with E-state index in [-0.39, 0.29) is 12.5 Å². The third-order valence-corrected chi connectivity index (χ3v) is 6.85. The van der Waals surface area contributed by atoms with E-state index in [4.69, 9.17) is 11.6 Å². The summed E-state index contributed by atoms with van der Waals surface area (Å²) >= 11 is 9.60. The maximum absolute atomic E-state index is 13.4. The van der Waals surface area contributed by atoms with Gasteiger partial charge in [-0.05, 0) is 49.2 Å². The van der Waals surface area contributed by atoms with E-state index in [1.165, 1.54) is 4.90 Å². The minimum atomic E-state index is -3.76. The maximum atomic E-state index is 13.4. The lowest BCUT2D eigenvalue weighted by Crippen LogP contribution is -2.51. The molecule has 2 aromatic rings. The summed E-state index contributed by atoms with van der Waals surface area (Å²) in [5, 5.41) is 3.24. The second kappa shape index (κ2) is 11.7. The van der Waals surface area contributed by atoms with E-state index in [2.05, 4.69) is 21.2 Å². The zero-order chi connectivity index (χ0) is 23.9. The highest BCUT2D eigenvalue weighted by Crippen LogP contribution is 2.23. The SMILES string of the molecule is CCCNC(=O)[C@@H](C)N(Cc1ccccc1Cl)C(=O)CN(c1ccc(Br)cc1)S(C)(=O)=O. The van der Waals surface area contributed by atoms with Gasteiger partial charge in [0.05, 0.1) is 11.9 Å². The summed E-state index contributed by atoms with van der Waals surface area (Å²) in [6.45, 7) is 3.64. The minimum absolute atomic E-state index is 0.0666. The third kappa shape index (κ3) is 7.21. The summed E-state index contributed by atoms with van der Waals surface area (Å²) in [4.78, 5) is 27.4. The maximum Gasteiger partial charge on any atom is 0.244 e. The highest BCUT2D eigenvalue weighted by atomic mass is 79.9. The van der Waals surface area contributed by atoms with Crippen LogP contribution in [0.2, 0.25) is 5.02 Å². The average molecular weight is 545 g/mol. The Morgan fingerprint density at radius 2 is 1.75 bits per heavy atom. The summed E-state index contributed by atoms with van der Waals surface area (Å²) in [7, 11) is -3.76. The minimum Gasteiger partial charge on any atom is -0.354 e. The number of carbonyl (C=O) groups excluding carboxylic acids is 2. The number of nitrogens with zero attached hydrogens (tertiary/aromatic N) is 2. The molecule has 0 bridgehead atoms. The number of amides is 2. The van der Waals surface area contributed by atoms with E-state index in [9.17, 15) is 18.0 Å². The van der Waals surface area contributed by atoms with Gasteiger partial charge >= 0.3 is 0 Å². The standard InChI is InChI=1S/C22H27BrClN3O4S/c1-4-13-25-22(29)16(2)26(14-17-7-5-6-8-20(17)24)21(28)15-27(32(3,30)31)19-11-9-18(23)10-12-19/h5-12,16H,4,13-15H2,1-3H3,(H,25,29)/t16-/m1/s1. The van der Waals surface area contributed by atoms with Crippen molar-refractivity contribution in [1.29, 1.82) is 0 Å². The lowest BCUT2D eigenvalue weighted by Gasteiger charge is -2.31. The highest BCUT2D eigenvalue weighted by molar-refractivity contribution is 9.10. The number of benzene rings is 2. The van der Waals surface area contributed by atoms with E-state index >= 15 is 0 Å². The van der Waals surface area contributed by atoms with Gasteiger partial charge in [0.25, 0.3) is 0 Å². The summed E-state index contributed by atoms with van der Waals surface area (Å²) in [6, 6.07) is 12.8. The van der Waals surface area contributed by atoms with Crippen LogP contribution in [0.25, 0.3) is 0 Å². The molecule has 0 radical (unpaired) electrons. The van der Waals surface area contributed by atoms with Gasteiger partial charge in [-0.15, -0.1) is 0 Å². The summed E-state index contributed by atoms with van der Waals surface area (Å²) in [5.41, 5.74) is 1.01. The summed E-state index contributed by atoms with van der Waals surface area (Å²) < 4.78 is 26.8. The Balaban J connectivity index is 2.37. The first-order chi connectivity index (χ1) is 15.0. The Morgan fingerprint density at radius 3 is 2.31 bits per heavy atom. The van der Waals surface area contributed by atoms with Gasteiger partial charge in [0.2, 0.25) is 21.8 Å². The molecular weight excluding hydrogens is 518 g/mol. The highest BCUT2D eigenvalue weighted by Gasteiger charge is 2.30. The van der Waals surface area contributed by atoms with E-state index in [0.717, 1.165) is 21.5 Å². The van der Waals surface area contributed by atoms with Crippen molar-refractivity contribution in [2.24, 2.45) is 0 Å². The number of sulfonamides is 1. The molecule has 0 aromatic heterocycles. The predicted molar refractivity (Wildman–Crippen MR) is 131 cm³/mol. The number of hydrogen-bond acceptors (Lipinski definition) is 4. The van der Waals surface area contributed by atoms with Crippen molar-refractivity contribution in [1.82, 2.24) is 10.2 Å². The first-order valence-corrected chi connectivity index (χ1v) is 13.1. The second-order valence-corrected chi connectivity index (χ2v) is 10.6. The van der Waals surface area contributed by atoms with Crippen LogP contribution >= 0.6 is 27.5 Å². The van der Waals surface area contributed by atoms with Crippen molar-refractivity contribution in [3.8, 4) is 0 Å². The fourth-order valence-electron chi connectivity index (χ4n) is 3.01. The van der Waals surface area contributed by atoms with E-state index < -0.39 is 28.5 Å². The average Bonchev–Trinajstić information content (AvgIpc) is 2.74. The third-order valence-electron chi connectivity index (χ3n) is 4.81. The zero-order valence-electron chi connectivity index (χ0n) is 18.2. The Labute approximate surface area is 202 Å². The number of nitrogens with one attached hydrogen (secondary N) is 1. The molecule has 2 rings (SSSR count). The van der Waals surface area contributed by atoms with Gasteiger partial charge in [0.1, 0.15) is 12.6 Å². The molecule has 0 fully saturated rings. The molecule has 32 heavy (non-hydrogen) atoms. The van der Waals surface area contributed by atoms with Crippen LogP contribution in [0, 0.1) is 0 Å². The normalized spacial score (nSPS) is 12.2. The molecule has 0 aliphatic carbocycles. The molecule has 1 atom stereocenters. The Morgan fingerprint density at radius 1 is 1.12 bits per heavy atom. The smallest absolute Gasteiger partial charge is 0.244 e.